The molecular formula is C10H11N3O5. The Morgan fingerprint density at radius 1 is 1.11 bits per heavy atom. The van der Waals surface area contributed by atoms with Crippen molar-refractivity contribution < 1.29 is 24.6 Å². The zero-order valence-electron chi connectivity index (χ0n) is 9.53. The summed E-state index contributed by atoms with van der Waals surface area (Å²) in [4.78, 5) is 41.2. The molecule has 1 aromatic rings. The third kappa shape index (κ3) is 3.81. The monoisotopic (exact) mass is 253 g/mol. The molecule has 0 bridgehead atoms. The topological polar surface area (TPSA) is 121 Å². The average Bonchev–Trinajstić information content (AvgIpc) is 2.27. The molecule has 0 aliphatic heterocycles. The highest BCUT2D eigenvalue weighted by Gasteiger charge is 2.22. The van der Waals surface area contributed by atoms with Crippen LogP contribution in [0.25, 0.3) is 0 Å². The van der Waals surface area contributed by atoms with Gasteiger partial charge in [0, 0.05) is 6.20 Å². The Hall–Kier alpha value is -2.51. The van der Waals surface area contributed by atoms with Gasteiger partial charge in [0.15, 0.2) is 0 Å². The first-order valence-corrected chi connectivity index (χ1v) is 4.91. The van der Waals surface area contributed by atoms with E-state index in [-0.39, 0.29) is 5.69 Å². The highest BCUT2D eigenvalue weighted by molar-refractivity contribution is 5.95. The minimum absolute atomic E-state index is 0.0944. The molecule has 0 aromatic carbocycles. The minimum atomic E-state index is -1.30. The van der Waals surface area contributed by atoms with Crippen molar-refractivity contribution >= 4 is 17.8 Å². The first-order valence-electron chi connectivity index (χ1n) is 4.91. The summed E-state index contributed by atoms with van der Waals surface area (Å²) in [5.74, 6) is -3.39. The number of nitrogens with zero attached hydrogens (tertiary/aromatic N) is 3. The summed E-state index contributed by atoms with van der Waals surface area (Å²) in [6.07, 6.45) is 2.52. The van der Waals surface area contributed by atoms with E-state index in [1.807, 2.05) is 0 Å². The molecule has 0 radical (unpaired) electrons. The summed E-state index contributed by atoms with van der Waals surface area (Å²) >= 11 is 0. The summed E-state index contributed by atoms with van der Waals surface area (Å²) in [5, 5.41) is 17.2. The Kier molecular flexibility index (Phi) is 4.30. The van der Waals surface area contributed by atoms with E-state index >= 15 is 0 Å². The molecule has 0 aliphatic rings. The lowest BCUT2D eigenvalue weighted by Gasteiger charge is -2.17. The van der Waals surface area contributed by atoms with Gasteiger partial charge in [0.2, 0.25) is 0 Å². The van der Waals surface area contributed by atoms with Gasteiger partial charge in [-0.3, -0.25) is 19.4 Å². The number of hydrogen-bond acceptors (Lipinski definition) is 5. The normalized spacial score (nSPS) is 9.83. The highest BCUT2D eigenvalue weighted by atomic mass is 16.4. The Morgan fingerprint density at radius 2 is 1.67 bits per heavy atom. The molecule has 1 amide bonds. The molecule has 1 aromatic heterocycles. The van der Waals surface area contributed by atoms with Crippen LogP contribution in [0.1, 0.15) is 16.2 Å². The van der Waals surface area contributed by atoms with Gasteiger partial charge in [0.25, 0.3) is 5.91 Å². The molecule has 0 aliphatic carbocycles. The van der Waals surface area contributed by atoms with E-state index in [0.29, 0.717) is 10.6 Å². The Labute approximate surface area is 102 Å². The van der Waals surface area contributed by atoms with Crippen LogP contribution in [0, 0.1) is 6.92 Å². The average molecular weight is 253 g/mol. The van der Waals surface area contributed by atoms with Crippen LogP contribution in [0.15, 0.2) is 12.4 Å². The number of amides is 1. The zero-order chi connectivity index (χ0) is 13.7. The molecule has 0 saturated carbocycles. The van der Waals surface area contributed by atoms with Crippen molar-refractivity contribution in [3.63, 3.8) is 0 Å². The summed E-state index contributed by atoms with van der Waals surface area (Å²) in [6, 6.07) is 0. The number of carbonyl (C=O) groups excluding carboxylic acids is 1. The second-order valence-electron chi connectivity index (χ2n) is 3.49. The van der Waals surface area contributed by atoms with Gasteiger partial charge in [-0.1, -0.05) is 0 Å². The molecule has 1 heterocycles. The third-order valence-electron chi connectivity index (χ3n) is 1.94. The van der Waals surface area contributed by atoms with E-state index in [2.05, 4.69) is 9.97 Å². The van der Waals surface area contributed by atoms with Crippen LogP contribution in [0.2, 0.25) is 0 Å². The van der Waals surface area contributed by atoms with Gasteiger partial charge in [-0.2, -0.15) is 0 Å². The molecule has 1 rings (SSSR count). The number of hydrogen-bond donors (Lipinski definition) is 2. The Bertz CT molecular complexity index is 455. The van der Waals surface area contributed by atoms with E-state index in [4.69, 9.17) is 10.2 Å². The summed E-state index contributed by atoms with van der Waals surface area (Å²) in [6.45, 7) is 0.259. The largest absolute Gasteiger partial charge is 0.480 e. The maximum atomic E-state index is 11.8. The number of aliphatic carboxylic acids is 2. The number of aromatic nitrogens is 2. The molecule has 8 nitrogen and oxygen atoms in total. The third-order valence-corrected chi connectivity index (χ3v) is 1.94. The predicted octanol–water partition coefficient (Wildman–Crippen LogP) is -0.604. The molecule has 0 atom stereocenters. The van der Waals surface area contributed by atoms with Crippen molar-refractivity contribution in [2.45, 2.75) is 6.92 Å². The van der Waals surface area contributed by atoms with Gasteiger partial charge in [0.05, 0.1) is 11.9 Å². The first kappa shape index (κ1) is 13.6. The summed E-state index contributed by atoms with van der Waals surface area (Å²) in [7, 11) is 0. The van der Waals surface area contributed by atoms with Crippen molar-refractivity contribution in [3.8, 4) is 0 Å². The lowest BCUT2D eigenvalue weighted by Crippen LogP contribution is -2.39. The predicted molar refractivity (Wildman–Crippen MR) is 57.9 cm³/mol. The Morgan fingerprint density at radius 3 is 2.06 bits per heavy atom. The van der Waals surface area contributed by atoms with Crippen LogP contribution >= 0.6 is 0 Å². The standard InChI is InChI=1S/C10H11N3O5/c1-6-2-12-7(3-11-6)10(18)13(4-8(14)15)5-9(16)17/h2-3H,4-5H2,1H3,(H,14,15)(H,16,17). The first-order chi connectivity index (χ1) is 8.40. The van der Waals surface area contributed by atoms with Crippen LogP contribution < -0.4 is 0 Å². The number of carboxylic acids is 2. The van der Waals surface area contributed by atoms with Gasteiger partial charge in [-0.25, -0.2) is 4.98 Å². The van der Waals surface area contributed by atoms with Gasteiger partial charge in [0.1, 0.15) is 18.8 Å². The van der Waals surface area contributed by atoms with E-state index in [9.17, 15) is 14.4 Å². The highest BCUT2D eigenvalue weighted by Crippen LogP contribution is 2.01. The van der Waals surface area contributed by atoms with E-state index in [1.165, 1.54) is 12.4 Å². The lowest BCUT2D eigenvalue weighted by atomic mass is 10.3. The molecule has 0 unspecified atom stereocenters. The van der Waals surface area contributed by atoms with Gasteiger partial charge in [-0.05, 0) is 6.92 Å². The fraction of sp³-hybridized carbons (Fsp3) is 0.300. The zero-order valence-corrected chi connectivity index (χ0v) is 9.53. The van der Waals surface area contributed by atoms with Gasteiger partial charge < -0.3 is 15.1 Å². The van der Waals surface area contributed by atoms with Crippen LogP contribution in [-0.2, 0) is 9.59 Å². The molecule has 8 heteroatoms. The number of rotatable bonds is 5. The smallest absolute Gasteiger partial charge is 0.323 e. The maximum absolute atomic E-state index is 11.8. The second-order valence-corrected chi connectivity index (χ2v) is 3.49. The second kappa shape index (κ2) is 5.71. The van der Waals surface area contributed by atoms with Crippen molar-refractivity contribution in [1.29, 1.82) is 0 Å². The maximum Gasteiger partial charge on any atom is 0.323 e. The molecular weight excluding hydrogens is 242 g/mol. The van der Waals surface area contributed by atoms with Crippen molar-refractivity contribution in [3.05, 3.63) is 23.8 Å². The number of aryl methyl sites for hydroxylation is 1. The van der Waals surface area contributed by atoms with Crippen LogP contribution in [-0.4, -0.2) is 56.0 Å². The van der Waals surface area contributed by atoms with Crippen molar-refractivity contribution in [2.75, 3.05) is 13.1 Å². The number of carbonyl (C=O) groups is 3. The Balaban J connectivity index is 2.90. The van der Waals surface area contributed by atoms with E-state index in [0.717, 1.165) is 0 Å². The summed E-state index contributed by atoms with van der Waals surface area (Å²) < 4.78 is 0. The van der Waals surface area contributed by atoms with Crippen LogP contribution in [0.4, 0.5) is 0 Å². The molecule has 0 fully saturated rings. The molecule has 18 heavy (non-hydrogen) atoms. The molecule has 0 spiro atoms. The van der Waals surface area contributed by atoms with Crippen LogP contribution in [0.3, 0.4) is 0 Å². The molecule has 2 N–H and O–H groups in total. The fourth-order valence-corrected chi connectivity index (χ4v) is 1.19. The van der Waals surface area contributed by atoms with Crippen molar-refractivity contribution in [1.82, 2.24) is 14.9 Å². The fourth-order valence-electron chi connectivity index (χ4n) is 1.19. The quantitative estimate of drug-likeness (QED) is 0.718. The number of carboxylic acid groups (broad SMARTS) is 2. The molecule has 96 valence electrons. The summed E-state index contributed by atoms with van der Waals surface area (Å²) in [5.41, 5.74) is 0.498. The lowest BCUT2D eigenvalue weighted by molar-refractivity contribution is -0.140. The van der Waals surface area contributed by atoms with E-state index < -0.39 is 30.9 Å². The van der Waals surface area contributed by atoms with Gasteiger partial charge >= 0.3 is 11.9 Å². The van der Waals surface area contributed by atoms with Crippen molar-refractivity contribution in [2.24, 2.45) is 0 Å². The van der Waals surface area contributed by atoms with Gasteiger partial charge in [-0.15, -0.1) is 0 Å². The van der Waals surface area contributed by atoms with Crippen LogP contribution in [0.5, 0.6) is 0 Å². The minimum Gasteiger partial charge on any atom is -0.480 e. The SMILES string of the molecule is Cc1cnc(C(=O)N(CC(=O)O)CC(=O)O)cn1. The van der Waals surface area contributed by atoms with E-state index in [1.54, 1.807) is 6.92 Å². The molecule has 0 saturated heterocycles.